The Bertz CT molecular complexity index is 582. The third-order valence-corrected chi connectivity index (χ3v) is 2.87. The van der Waals surface area contributed by atoms with E-state index in [1.807, 2.05) is 31.2 Å². The van der Waals surface area contributed by atoms with E-state index in [9.17, 15) is 0 Å². The van der Waals surface area contributed by atoms with Crippen molar-refractivity contribution in [3.8, 4) is 0 Å². The molecule has 0 amide bonds. The van der Waals surface area contributed by atoms with Crippen LogP contribution in [0.25, 0.3) is 0 Å². The Kier molecular flexibility index (Phi) is 4.08. The number of hydrogen-bond donors (Lipinski definition) is 1. The normalized spacial score (nSPS) is 12.3. The molecular weight excluding hydrogens is 250 g/mol. The molecule has 0 fully saturated rings. The molecule has 0 atom stereocenters. The first-order valence-electron chi connectivity index (χ1n) is 6.52. The third kappa shape index (κ3) is 3.60. The summed E-state index contributed by atoms with van der Waals surface area (Å²) in [6.07, 6.45) is 3.48. The van der Waals surface area contributed by atoms with Crippen molar-refractivity contribution in [2.45, 2.75) is 33.1 Å². The first-order valence-corrected chi connectivity index (χ1v) is 6.52. The molecule has 20 heavy (non-hydrogen) atoms. The van der Waals surface area contributed by atoms with E-state index in [2.05, 4.69) is 46.5 Å². The van der Waals surface area contributed by atoms with Gasteiger partial charge in [-0.05, 0) is 31.2 Å². The molecule has 2 rings (SSSR count). The fourth-order valence-electron chi connectivity index (χ4n) is 1.59. The van der Waals surface area contributed by atoms with Crippen molar-refractivity contribution in [3.05, 3.63) is 47.9 Å². The van der Waals surface area contributed by atoms with Crippen LogP contribution in [0.2, 0.25) is 0 Å². The SMILES string of the molecule is CC(=NNc1ccc(C(C)(C)C)nn1)c1ccncc1. The van der Waals surface area contributed by atoms with Gasteiger partial charge in [-0.3, -0.25) is 10.4 Å². The Morgan fingerprint density at radius 3 is 2.30 bits per heavy atom. The zero-order valence-electron chi connectivity index (χ0n) is 12.3. The van der Waals surface area contributed by atoms with Crippen molar-refractivity contribution in [2.75, 3.05) is 5.43 Å². The van der Waals surface area contributed by atoms with Crippen LogP contribution in [-0.2, 0) is 5.41 Å². The highest BCUT2D eigenvalue weighted by atomic mass is 15.3. The van der Waals surface area contributed by atoms with Crippen molar-refractivity contribution < 1.29 is 0 Å². The number of nitrogens with one attached hydrogen (secondary N) is 1. The van der Waals surface area contributed by atoms with Gasteiger partial charge in [0.15, 0.2) is 5.82 Å². The summed E-state index contributed by atoms with van der Waals surface area (Å²) in [5, 5.41) is 12.6. The van der Waals surface area contributed by atoms with Gasteiger partial charge in [0, 0.05) is 23.4 Å². The predicted molar refractivity (Wildman–Crippen MR) is 80.8 cm³/mol. The van der Waals surface area contributed by atoms with E-state index in [1.165, 1.54) is 0 Å². The summed E-state index contributed by atoms with van der Waals surface area (Å²) in [6.45, 7) is 8.25. The van der Waals surface area contributed by atoms with Crippen LogP contribution in [0.3, 0.4) is 0 Å². The molecule has 0 spiro atoms. The molecular formula is C15H19N5. The average molecular weight is 269 g/mol. The first kappa shape index (κ1) is 14.1. The van der Waals surface area contributed by atoms with E-state index in [0.717, 1.165) is 17.0 Å². The number of hydrogen-bond acceptors (Lipinski definition) is 5. The molecule has 0 bridgehead atoms. The van der Waals surface area contributed by atoms with Gasteiger partial charge in [-0.15, -0.1) is 5.10 Å². The zero-order chi connectivity index (χ0) is 14.6. The van der Waals surface area contributed by atoms with Crippen LogP contribution in [-0.4, -0.2) is 20.9 Å². The molecule has 0 aliphatic rings. The molecule has 0 unspecified atom stereocenters. The van der Waals surface area contributed by atoms with E-state index >= 15 is 0 Å². The largest absolute Gasteiger partial charge is 0.265 e. The summed E-state index contributed by atoms with van der Waals surface area (Å²) < 4.78 is 0. The number of aromatic nitrogens is 3. The number of anilines is 1. The summed E-state index contributed by atoms with van der Waals surface area (Å²) in [4.78, 5) is 3.98. The summed E-state index contributed by atoms with van der Waals surface area (Å²) >= 11 is 0. The predicted octanol–water partition coefficient (Wildman–Crippen LogP) is 3.01. The van der Waals surface area contributed by atoms with Crippen LogP contribution in [0.1, 0.15) is 39.0 Å². The minimum Gasteiger partial charge on any atom is -0.265 e. The fraction of sp³-hybridized carbons (Fsp3) is 0.333. The quantitative estimate of drug-likeness (QED) is 0.687. The zero-order valence-corrected chi connectivity index (χ0v) is 12.3. The molecule has 0 aliphatic carbocycles. The third-order valence-electron chi connectivity index (χ3n) is 2.87. The second-order valence-electron chi connectivity index (χ2n) is 5.60. The fourth-order valence-corrected chi connectivity index (χ4v) is 1.59. The second-order valence-corrected chi connectivity index (χ2v) is 5.60. The van der Waals surface area contributed by atoms with Gasteiger partial charge in [-0.2, -0.15) is 10.2 Å². The van der Waals surface area contributed by atoms with E-state index in [1.54, 1.807) is 12.4 Å². The Morgan fingerprint density at radius 1 is 1.05 bits per heavy atom. The summed E-state index contributed by atoms with van der Waals surface area (Å²) in [6, 6.07) is 7.67. The number of hydrazone groups is 1. The molecule has 2 aromatic rings. The molecule has 2 heterocycles. The Labute approximate surface area is 119 Å². The van der Waals surface area contributed by atoms with Gasteiger partial charge in [0.2, 0.25) is 0 Å². The van der Waals surface area contributed by atoms with E-state index in [-0.39, 0.29) is 5.41 Å². The van der Waals surface area contributed by atoms with Gasteiger partial charge in [-0.1, -0.05) is 20.8 Å². The number of nitrogens with zero attached hydrogens (tertiary/aromatic N) is 4. The molecule has 5 heteroatoms. The molecule has 0 aliphatic heterocycles. The Balaban J connectivity index is 2.08. The van der Waals surface area contributed by atoms with Crippen molar-refractivity contribution in [2.24, 2.45) is 5.10 Å². The lowest BCUT2D eigenvalue weighted by Gasteiger charge is -2.16. The molecule has 5 nitrogen and oxygen atoms in total. The lowest BCUT2D eigenvalue weighted by Crippen LogP contribution is -2.14. The van der Waals surface area contributed by atoms with Crippen LogP contribution in [0, 0.1) is 0 Å². The highest BCUT2D eigenvalue weighted by Crippen LogP contribution is 2.19. The van der Waals surface area contributed by atoms with E-state index < -0.39 is 0 Å². The molecule has 104 valence electrons. The van der Waals surface area contributed by atoms with Gasteiger partial charge in [-0.25, -0.2) is 0 Å². The average Bonchev–Trinajstić information content (AvgIpc) is 2.45. The molecule has 0 saturated heterocycles. The second kappa shape index (κ2) is 5.77. The minimum atomic E-state index is 0.00174. The van der Waals surface area contributed by atoms with Gasteiger partial charge >= 0.3 is 0 Å². The number of rotatable bonds is 3. The maximum Gasteiger partial charge on any atom is 0.168 e. The van der Waals surface area contributed by atoms with Crippen molar-refractivity contribution in [1.82, 2.24) is 15.2 Å². The van der Waals surface area contributed by atoms with Crippen molar-refractivity contribution in [3.63, 3.8) is 0 Å². The Morgan fingerprint density at radius 2 is 1.75 bits per heavy atom. The van der Waals surface area contributed by atoms with Crippen molar-refractivity contribution in [1.29, 1.82) is 0 Å². The summed E-state index contributed by atoms with van der Waals surface area (Å²) in [7, 11) is 0. The molecule has 0 aromatic carbocycles. The minimum absolute atomic E-state index is 0.00174. The lowest BCUT2D eigenvalue weighted by molar-refractivity contribution is 0.559. The smallest absolute Gasteiger partial charge is 0.168 e. The monoisotopic (exact) mass is 269 g/mol. The van der Waals surface area contributed by atoms with Crippen LogP contribution < -0.4 is 5.43 Å². The maximum atomic E-state index is 4.29. The van der Waals surface area contributed by atoms with Crippen LogP contribution in [0.5, 0.6) is 0 Å². The van der Waals surface area contributed by atoms with Crippen LogP contribution in [0.15, 0.2) is 41.8 Å². The lowest BCUT2D eigenvalue weighted by atomic mass is 9.92. The van der Waals surface area contributed by atoms with Crippen LogP contribution in [0.4, 0.5) is 5.82 Å². The highest BCUT2D eigenvalue weighted by molar-refractivity contribution is 5.98. The summed E-state index contributed by atoms with van der Waals surface area (Å²) in [5.41, 5.74) is 5.76. The first-order chi connectivity index (χ1) is 9.47. The summed E-state index contributed by atoms with van der Waals surface area (Å²) in [5.74, 6) is 0.631. The van der Waals surface area contributed by atoms with Gasteiger partial charge in [0.05, 0.1) is 11.4 Å². The topological polar surface area (TPSA) is 63.1 Å². The van der Waals surface area contributed by atoms with E-state index in [0.29, 0.717) is 5.82 Å². The molecule has 1 N–H and O–H groups in total. The Hall–Kier alpha value is -2.30. The van der Waals surface area contributed by atoms with Gasteiger partial charge < -0.3 is 0 Å². The van der Waals surface area contributed by atoms with E-state index in [4.69, 9.17) is 0 Å². The number of pyridine rings is 1. The van der Waals surface area contributed by atoms with Gasteiger partial charge in [0.25, 0.3) is 0 Å². The van der Waals surface area contributed by atoms with Crippen molar-refractivity contribution >= 4 is 11.5 Å². The van der Waals surface area contributed by atoms with Crippen LogP contribution >= 0.6 is 0 Å². The maximum absolute atomic E-state index is 4.29. The highest BCUT2D eigenvalue weighted by Gasteiger charge is 2.15. The van der Waals surface area contributed by atoms with Gasteiger partial charge in [0.1, 0.15) is 0 Å². The molecule has 0 radical (unpaired) electrons. The standard InChI is InChI=1S/C15H19N5/c1-11(12-7-9-16-10-8-12)17-19-14-6-5-13(18-20-14)15(2,3)4/h5-10H,1-4H3,(H,19,20). The molecule has 2 aromatic heterocycles. The molecule has 0 saturated carbocycles.